The van der Waals surface area contributed by atoms with Crippen LogP contribution in [0.15, 0.2) is 60.7 Å². The number of anilines is 1. The molecule has 54 heavy (non-hydrogen) atoms. The zero-order valence-electron chi connectivity index (χ0n) is 32.0. The fraction of sp³-hybridized carbons (Fsp3) is 0.357. The van der Waals surface area contributed by atoms with Crippen molar-refractivity contribution < 1.29 is 47.4 Å². The van der Waals surface area contributed by atoms with Crippen LogP contribution in [0, 0.1) is 0 Å². The Morgan fingerprint density at radius 3 is 1.63 bits per heavy atom. The Morgan fingerprint density at radius 1 is 0.519 bits per heavy atom. The molecule has 0 aliphatic carbocycles. The molecule has 12 heteroatoms. The molecule has 0 fully saturated rings. The van der Waals surface area contributed by atoms with Crippen molar-refractivity contribution in [3.05, 3.63) is 82.9 Å². The number of unbranched alkanes of at least 4 members (excludes halogenated alkanes) is 4. The standard InChI is InChI=1S/C42H50N2O10/c1-46-30-16-17-32-31(26-30)42(45)44-41(43-32)29-15-18-33(34(25-29)47-2)53-19-11-9-8-10-12-20-54-40-37(50-5)23-28(24-38(40)51-6)14-13-27-21-35(48-3)39(52-7)36(22-27)49-4/h13-18,21-26,41,43H,8-12,19-20H2,1-7H3,(H,44,45). The second kappa shape index (κ2) is 19.2. The van der Waals surface area contributed by atoms with Crippen LogP contribution in [0.25, 0.3) is 12.2 Å². The summed E-state index contributed by atoms with van der Waals surface area (Å²) in [5, 5.41) is 6.37. The van der Waals surface area contributed by atoms with Crippen LogP contribution in [0.1, 0.15) is 65.3 Å². The zero-order chi connectivity index (χ0) is 38.5. The highest BCUT2D eigenvalue weighted by molar-refractivity contribution is 6.02. The number of hydrogen-bond acceptors (Lipinski definition) is 11. The van der Waals surface area contributed by atoms with Gasteiger partial charge in [-0.05, 0) is 84.1 Å². The van der Waals surface area contributed by atoms with Crippen LogP contribution >= 0.6 is 0 Å². The fourth-order valence-electron chi connectivity index (χ4n) is 6.13. The van der Waals surface area contributed by atoms with Gasteiger partial charge in [0, 0.05) is 5.69 Å². The average molecular weight is 743 g/mol. The SMILES string of the molecule is COc1ccc2c(c1)C(=O)NC(c1ccc(OCCCCCCCOc3c(OC)cc(C=Cc4cc(OC)c(OC)c(OC)c4)cc3OC)c(OC)c1)N2. The maximum Gasteiger partial charge on any atom is 0.255 e. The first kappa shape index (κ1) is 39.3. The zero-order valence-corrected chi connectivity index (χ0v) is 32.0. The quantitative estimate of drug-likeness (QED) is 0.0673. The van der Waals surface area contributed by atoms with Crippen LogP contribution in [0.4, 0.5) is 5.69 Å². The Morgan fingerprint density at radius 2 is 1.07 bits per heavy atom. The molecule has 1 aliphatic heterocycles. The Balaban J connectivity index is 1.06. The van der Waals surface area contributed by atoms with E-state index in [0.717, 1.165) is 54.5 Å². The molecule has 12 nitrogen and oxygen atoms in total. The van der Waals surface area contributed by atoms with Crippen LogP contribution in [0.5, 0.6) is 51.7 Å². The van der Waals surface area contributed by atoms with E-state index >= 15 is 0 Å². The minimum atomic E-state index is -0.407. The third-order valence-corrected chi connectivity index (χ3v) is 9.00. The summed E-state index contributed by atoms with van der Waals surface area (Å²) < 4.78 is 50.9. The number of rotatable bonds is 20. The minimum Gasteiger partial charge on any atom is -0.497 e. The monoisotopic (exact) mass is 742 g/mol. The highest BCUT2D eigenvalue weighted by Gasteiger charge is 2.26. The second-order valence-corrected chi connectivity index (χ2v) is 12.4. The van der Waals surface area contributed by atoms with Crippen molar-refractivity contribution in [1.29, 1.82) is 0 Å². The van der Waals surface area contributed by atoms with Crippen LogP contribution < -0.4 is 53.3 Å². The molecule has 0 radical (unpaired) electrons. The number of hydrogen-bond donors (Lipinski definition) is 2. The van der Waals surface area contributed by atoms with Gasteiger partial charge in [0.15, 0.2) is 34.5 Å². The summed E-state index contributed by atoms with van der Waals surface area (Å²) in [6.45, 7) is 1.10. The van der Waals surface area contributed by atoms with E-state index in [1.165, 1.54) is 0 Å². The Labute approximate surface area is 317 Å². The van der Waals surface area contributed by atoms with Crippen LogP contribution in [-0.4, -0.2) is 68.9 Å². The molecule has 0 bridgehead atoms. The molecule has 1 amide bonds. The van der Waals surface area contributed by atoms with Gasteiger partial charge in [-0.3, -0.25) is 4.79 Å². The predicted molar refractivity (Wildman–Crippen MR) is 208 cm³/mol. The van der Waals surface area contributed by atoms with Gasteiger partial charge in [-0.2, -0.15) is 0 Å². The van der Waals surface area contributed by atoms with E-state index in [4.69, 9.17) is 42.6 Å². The predicted octanol–water partition coefficient (Wildman–Crippen LogP) is 8.18. The maximum atomic E-state index is 12.8. The van der Waals surface area contributed by atoms with Gasteiger partial charge in [-0.25, -0.2) is 0 Å². The molecule has 0 saturated heterocycles. The number of amides is 1. The first-order chi connectivity index (χ1) is 26.3. The van der Waals surface area contributed by atoms with E-state index in [1.807, 2.05) is 66.7 Å². The average Bonchev–Trinajstić information content (AvgIpc) is 3.21. The van der Waals surface area contributed by atoms with E-state index in [0.29, 0.717) is 70.5 Å². The largest absolute Gasteiger partial charge is 0.497 e. The van der Waals surface area contributed by atoms with E-state index in [1.54, 1.807) is 55.8 Å². The molecule has 0 spiro atoms. The summed E-state index contributed by atoms with van der Waals surface area (Å²) in [6, 6.07) is 18.7. The van der Waals surface area contributed by atoms with Crippen molar-refractivity contribution in [1.82, 2.24) is 5.32 Å². The van der Waals surface area contributed by atoms with Crippen LogP contribution in [0.2, 0.25) is 0 Å². The first-order valence-corrected chi connectivity index (χ1v) is 17.8. The molecule has 1 atom stereocenters. The van der Waals surface area contributed by atoms with E-state index < -0.39 is 6.17 Å². The van der Waals surface area contributed by atoms with Crippen molar-refractivity contribution in [2.75, 3.05) is 68.3 Å². The lowest BCUT2D eigenvalue weighted by Crippen LogP contribution is -2.38. The molecule has 4 aromatic rings. The summed E-state index contributed by atoms with van der Waals surface area (Å²) >= 11 is 0. The van der Waals surface area contributed by atoms with Crippen LogP contribution in [0.3, 0.4) is 0 Å². The van der Waals surface area contributed by atoms with Crippen molar-refractivity contribution >= 4 is 23.7 Å². The number of nitrogens with one attached hydrogen (secondary N) is 2. The van der Waals surface area contributed by atoms with Gasteiger partial charge in [0.25, 0.3) is 5.91 Å². The fourth-order valence-corrected chi connectivity index (χ4v) is 6.13. The lowest BCUT2D eigenvalue weighted by atomic mass is 10.0. The van der Waals surface area contributed by atoms with Gasteiger partial charge in [0.2, 0.25) is 11.5 Å². The Bertz CT molecular complexity index is 1860. The summed E-state index contributed by atoms with van der Waals surface area (Å²) in [7, 11) is 11.2. The van der Waals surface area contributed by atoms with E-state index in [9.17, 15) is 4.79 Å². The summed E-state index contributed by atoms with van der Waals surface area (Å²) in [5.41, 5.74) is 3.88. The van der Waals surface area contributed by atoms with Gasteiger partial charge in [0.05, 0.1) is 68.5 Å². The number of fused-ring (bicyclic) bond motifs is 1. The number of carbonyl (C=O) groups excluding carboxylic acids is 1. The second-order valence-electron chi connectivity index (χ2n) is 12.4. The molecule has 0 aromatic heterocycles. The smallest absolute Gasteiger partial charge is 0.255 e. The summed E-state index contributed by atoms with van der Waals surface area (Å²) in [4.78, 5) is 12.8. The lowest BCUT2D eigenvalue weighted by Gasteiger charge is -2.28. The van der Waals surface area contributed by atoms with Gasteiger partial charge >= 0.3 is 0 Å². The van der Waals surface area contributed by atoms with E-state index in [-0.39, 0.29) is 5.91 Å². The number of ether oxygens (including phenoxy) is 9. The molecular weight excluding hydrogens is 692 g/mol. The molecule has 288 valence electrons. The number of methoxy groups -OCH3 is 7. The van der Waals surface area contributed by atoms with E-state index in [2.05, 4.69) is 10.6 Å². The Kier molecular flexibility index (Phi) is 14.0. The molecule has 5 rings (SSSR count). The maximum absolute atomic E-state index is 12.8. The molecule has 1 aliphatic rings. The normalized spacial score (nSPS) is 13.3. The summed E-state index contributed by atoms with van der Waals surface area (Å²) in [6.07, 6.45) is 8.35. The molecule has 1 unspecified atom stereocenters. The molecular formula is C42H50N2O10. The van der Waals surface area contributed by atoms with Crippen LogP contribution in [-0.2, 0) is 0 Å². The van der Waals surface area contributed by atoms with Gasteiger partial charge in [-0.1, -0.05) is 37.5 Å². The third-order valence-electron chi connectivity index (χ3n) is 9.00. The molecule has 4 aromatic carbocycles. The van der Waals surface area contributed by atoms with Crippen molar-refractivity contribution in [3.63, 3.8) is 0 Å². The minimum absolute atomic E-state index is 0.175. The first-order valence-electron chi connectivity index (χ1n) is 17.8. The third kappa shape index (κ3) is 9.54. The number of carbonyl (C=O) groups is 1. The lowest BCUT2D eigenvalue weighted by molar-refractivity contribution is 0.0935. The van der Waals surface area contributed by atoms with Crippen molar-refractivity contribution in [2.24, 2.45) is 0 Å². The molecule has 2 N–H and O–H groups in total. The number of benzene rings is 4. The molecule has 1 heterocycles. The summed E-state index contributed by atoms with van der Waals surface area (Å²) in [5.74, 6) is 5.16. The highest BCUT2D eigenvalue weighted by atomic mass is 16.5. The highest BCUT2D eigenvalue weighted by Crippen LogP contribution is 2.41. The van der Waals surface area contributed by atoms with Gasteiger partial charge in [0.1, 0.15) is 11.9 Å². The van der Waals surface area contributed by atoms with Gasteiger partial charge < -0.3 is 53.3 Å². The van der Waals surface area contributed by atoms with Crippen molar-refractivity contribution in [2.45, 2.75) is 38.3 Å². The Hall–Kier alpha value is -5.91. The molecule has 0 saturated carbocycles. The topological polar surface area (TPSA) is 124 Å². The van der Waals surface area contributed by atoms with Crippen molar-refractivity contribution in [3.8, 4) is 51.7 Å². The van der Waals surface area contributed by atoms with Gasteiger partial charge in [-0.15, -0.1) is 0 Å².